The fourth-order valence-corrected chi connectivity index (χ4v) is 3.85. The zero-order valence-electron chi connectivity index (χ0n) is 17.3. The highest BCUT2D eigenvalue weighted by Gasteiger charge is 2.24. The predicted octanol–water partition coefficient (Wildman–Crippen LogP) is 5.91. The fraction of sp³-hybridized carbons (Fsp3) is 0.192. The molecule has 0 bridgehead atoms. The van der Waals surface area contributed by atoms with Gasteiger partial charge in [-0.15, -0.1) is 0 Å². The zero-order valence-corrected chi connectivity index (χ0v) is 17.3. The Morgan fingerprint density at radius 3 is 2.37 bits per heavy atom. The molecular formula is C26H25N3O. The van der Waals surface area contributed by atoms with Gasteiger partial charge in [0.25, 0.3) is 5.91 Å². The molecule has 4 nitrogen and oxygen atoms in total. The molecule has 0 aliphatic carbocycles. The summed E-state index contributed by atoms with van der Waals surface area (Å²) in [6.45, 7) is 2.15. The maximum Gasteiger partial charge on any atom is 0.254 e. The lowest BCUT2D eigenvalue weighted by molar-refractivity contribution is 0.0723. The van der Waals surface area contributed by atoms with E-state index in [0.717, 1.165) is 35.0 Å². The van der Waals surface area contributed by atoms with Gasteiger partial charge in [0.05, 0.1) is 17.3 Å². The van der Waals surface area contributed by atoms with E-state index in [-0.39, 0.29) is 11.9 Å². The standard InChI is InChI=1S/C26H25N3O/c1-3-11-24(20-14-8-5-9-15-20)29(2)26(30)22-18-23(19-12-6-4-7-13-19)28-25-21(22)16-10-17-27-25/h4-10,12-18,24H,3,11H2,1-2H3. The molecule has 4 rings (SSSR count). The van der Waals surface area contributed by atoms with E-state index in [1.54, 1.807) is 6.20 Å². The summed E-state index contributed by atoms with van der Waals surface area (Å²) in [5, 5.41) is 0.775. The summed E-state index contributed by atoms with van der Waals surface area (Å²) in [7, 11) is 1.89. The third kappa shape index (κ3) is 3.94. The van der Waals surface area contributed by atoms with Crippen molar-refractivity contribution >= 4 is 16.9 Å². The van der Waals surface area contributed by atoms with Crippen LogP contribution in [0.4, 0.5) is 0 Å². The highest BCUT2D eigenvalue weighted by atomic mass is 16.2. The Morgan fingerprint density at radius 1 is 0.967 bits per heavy atom. The van der Waals surface area contributed by atoms with Crippen molar-refractivity contribution in [3.63, 3.8) is 0 Å². The minimum atomic E-state index is -0.0186. The fourth-order valence-electron chi connectivity index (χ4n) is 3.85. The van der Waals surface area contributed by atoms with Gasteiger partial charge in [0.2, 0.25) is 0 Å². The molecule has 0 radical (unpaired) electrons. The molecule has 4 heteroatoms. The van der Waals surface area contributed by atoms with Crippen LogP contribution in [0.5, 0.6) is 0 Å². The molecule has 2 aromatic heterocycles. The maximum absolute atomic E-state index is 13.7. The number of pyridine rings is 2. The van der Waals surface area contributed by atoms with Crippen molar-refractivity contribution in [2.24, 2.45) is 0 Å². The van der Waals surface area contributed by atoms with Crippen molar-refractivity contribution in [2.75, 3.05) is 7.05 Å². The molecule has 0 aliphatic rings. The van der Waals surface area contributed by atoms with Gasteiger partial charge in [-0.3, -0.25) is 4.79 Å². The van der Waals surface area contributed by atoms with Crippen molar-refractivity contribution in [3.05, 3.63) is 96.2 Å². The molecule has 30 heavy (non-hydrogen) atoms. The van der Waals surface area contributed by atoms with Crippen molar-refractivity contribution in [2.45, 2.75) is 25.8 Å². The van der Waals surface area contributed by atoms with E-state index in [1.807, 2.05) is 78.7 Å². The molecule has 2 aromatic carbocycles. The number of hydrogen-bond acceptors (Lipinski definition) is 3. The molecule has 1 amide bonds. The molecule has 4 aromatic rings. The third-order valence-corrected chi connectivity index (χ3v) is 5.42. The Hall–Kier alpha value is -3.53. The molecule has 2 heterocycles. The first kappa shape index (κ1) is 19.8. The Bertz CT molecular complexity index is 1140. The molecule has 1 unspecified atom stereocenters. The quantitative estimate of drug-likeness (QED) is 0.408. The van der Waals surface area contributed by atoms with Gasteiger partial charge >= 0.3 is 0 Å². The van der Waals surface area contributed by atoms with Crippen LogP contribution in [0.1, 0.15) is 41.7 Å². The molecule has 0 saturated heterocycles. The second kappa shape index (κ2) is 8.87. The predicted molar refractivity (Wildman–Crippen MR) is 121 cm³/mol. The summed E-state index contributed by atoms with van der Waals surface area (Å²) in [4.78, 5) is 24.7. The first-order valence-corrected chi connectivity index (χ1v) is 10.3. The summed E-state index contributed by atoms with van der Waals surface area (Å²) in [6, 6.07) is 25.8. The maximum atomic E-state index is 13.7. The van der Waals surface area contributed by atoms with Crippen molar-refractivity contribution in [1.82, 2.24) is 14.9 Å². The number of amides is 1. The number of rotatable bonds is 6. The molecule has 0 aliphatic heterocycles. The second-order valence-electron chi connectivity index (χ2n) is 7.43. The molecule has 150 valence electrons. The summed E-state index contributed by atoms with van der Waals surface area (Å²) in [5.74, 6) is -0.0186. The Labute approximate surface area is 177 Å². The lowest BCUT2D eigenvalue weighted by Crippen LogP contribution is -2.31. The lowest BCUT2D eigenvalue weighted by Gasteiger charge is -2.29. The number of benzene rings is 2. The minimum Gasteiger partial charge on any atom is -0.335 e. The topological polar surface area (TPSA) is 46.1 Å². The van der Waals surface area contributed by atoms with Crippen LogP contribution in [0, 0.1) is 0 Å². The van der Waals surface area contributed by atoms with Gasteiger partial charge < -0.3 is 4.90 Å². The van der Waals surface area contributed by atoms with Crippen LogP contribution in [0.15, 0.2) is 85.1 Å². The molecule has 0 saturated carbocycles. The van der Waals surface area contributed by atoms with E-state index in [1.165, 1.54) is 0 Å². The van der Waals surface area contributed by atoms with E-state index < -0.39 is 0 Å². The van der Waals surface area contributed by atoms with Gasteiger partial charge in [0.15, 0.2) is 5.65 Å². The largest absolute Gasteiger partial charge is 0.335 e. The average molecular weight is 396 g/mol. The molecular weight excluding hydrogens is 370 g/mol. The average Bonchev–Trinajstić information content (AvgIpc) is 2.82. The van der Waals surface area contributed by atoms with Gasteiger partial charge in [-0.05, 0) is 30.2 Å². The summed E-state index contributed by atoms with van der Waals surface area (Å²) >= 11 is 0. The number of carbonyl (C=O) groups excluding carboxylic acids is 1. The van der Waals surface area contributed by atoms with Crippen molar-refractivity contribution in [3.8, 4) is 11.3 Å². The van der Waals surface area contributed by atoms with Crippen LogP contribution >= 0.6 is 0 Å². The first-order chi connectivity index (χ1) is 14.7. The van der Waals surface area contributed by atoms with Crippen LogP contribution in [0.3, 0.4) is 0 Å². The first-order valence-electron chi connectivity index (χ1n) is 10.3. The van der Waals surface area contributed by atoms with Crippen LogP contribution < -0.4 is 0 Å². The lowest BCUT2D eigenvalue weighted by atomic mass is 9.99. The minimum absolute atomic E-state index is 0.0174. The monoisotopic (exact) mass is 395 g/mol. The van der Waals surface area contributed by atoms with Crippen LogP contribution in [0.25, 0.3) is 22.3 Å². The summed E-state index contributed by atoms with van der Waals surface area (Å²) in [5.41, 5.74) is 4.09. The van der Waals surface area contributed by atoms with Gasteiger partial charge in [-0.25, -0.2) is 9.97 Å². The SMILES string of the molecule is CCCC(c1ccccc1)N(C)C(=O)c1cc(-c2ccccc2)nc2ncccc12. The molecule has 1 atom stereocenters. The van der Waals surface area contributed by atoms with E-state index in [9.17, 15) is 4.79 Å². The van der Waals surface area contributed by atoms with E-state index in [2.05, 4.69) is 24.0 Å². The molecule has 0 fully saturated rings. The number of carbonyl (C=O) groups is 1. The van der Waals surface area contributed by atoms with Gasteiger partial charge in [-0.2, -0.15) is 0 Å². The number of hydrogen-bond donors (Lipinski definition) is 0. The van der Waals surface area contributed by atoms with E-state index >= 15 is 0 Å². The normalized spacial score (nSPS) is 11.9. The zero-order chi connectivity index (χ0) is 20.9. The number of fused-ring (bicyclic) bond motifs is 1. The third-order valence-electron chi connectivity index (χ3n) is 5.42. The summed E-state index contributed by atoms with van der Waals surface area (Å²) in [6.07, 6.45) is 3.61. The van der Waals surface area contributed by atoms with Crippen molar-refractivity contribution in [1.29, 1.82) is 0 Å². The molecule has 0 N–H and O–H groups in total. The highest BCUT2D eigenvalue weighted by Crippen LogP contribution is 2.29. The number of nitrogens with zero attached hydrogens (tertiary/aromatic N) is 3. The van der Waals surface area contributed by atoms with Gasteiger partial charge in [0, 0.05) is 24.2 Å². The van der Waals surface area contributed by atoms with Crippen molar-refractivity contribution < 1.29 is 4.79 Å². The smallest absolute Gasteiger partial charge is 0.254 e. The van der Waals surface area contributed by atoms with E-state index in [4.69, 9.17) is 4.98 Å². The number of aromatic nitrogens is 2. The van der Waals surface area contributed by atoms with Crippen LogP contribution in [-0.2, 0) is 0 Å². The Balaban J connectivity index is 1.80. The highest BCUT2D eigenvalue weighted by molar-refractivity contribution is 6.06. The second-order valence-corrected chi connectivity index (χ2v) is 7.43. The van der Waals surface area contributed by atoms with Gasteiger partial charge in [-0.1, -0.05) is 74.0 Å². The Kier molecular flexibility index (Phi) is 5.84. The van der Waals surface area contributed by atoms with Crippen LogP contribution in [0.2, 0.25) is 0 Å². The van der Waals surface area contributed by atoms with E-state index in [0.29, 0.717) is 11.2 Å². The Morgan fingerprint density at radius 2 is 1.67 bits per heavy atom. The molecule has 0 spiro atoms. The van der Waals surface area contributed by atoms with Crippen LogP contribution in [-0.4, -0.2) is 27.8 Å². The summed E-state index contributed by atoms with van der Waals surface area (Å²) < 4.78 is 0. The van der Waals surface area contributed by atoms with Gasteiger partial charge in [0.1, 0.15) is 0 Å².